The predicted molar refractivity (Wildman–Crippen MR) is 105 cm³/mol. The highest BCUT2D eigenvalue weighted by Crippen LogP contribution is 2.35. The first-order valence-corrected chi connectivity index (χ1v) is 8.77. The van der Waals surface area contributed by atoms with Gasteiger partial charge in [0.25, 0.3) is 0 Å². The van der Waals surface area contributed by atoms with E-state index in [1.165, 1.54) is 0 Å². The zero-order valence-electron chi connectivity index (χ0n) is 16.4. The number of nitriles is 6. The van der Waals surface area contributed by atoms with Gasteiger partial charge in [0.05, 0.1) is 32.7 Å². The highest BCUT2D eigenvalue weighted by atomic mass is 14.9. The normalized spacial score (nSPS) is 9.38. The molecule has 0 saturated carbocycles. The van der Waals surface area contributed by atoms with Crippen LogP contribution in [-0.4, -0.2) is 29.9 Å². The van der Waals surface area contributed by atoms with E-state index in [1.807, 2.05) is 32.1 Å². The van der Waals surface area contributed by atoms with Gasteiger partial charge in [0, 0.05) is 0 Å². The Morgan fingerprint density at radius 3 is 0.844 bits per heavy atom. The maximum Gasteiger partial charge on any atom is 0.234 e. The Balaban J connectivity index is 0.00000141. The number of aromatic nitrogens is 6. The predicted octanol–water partition coefficient (Wildman–Crippen LogP) is 1.77. The minimum atomic E-state index is -0.358. The molecule has 12 nitrogen and oxygen atoms in total. The fraction of sp³-hybridized carbons (Fsp3) is 0.100. The van der Waals surface area contributed by atoms with Crippen LogP contribution in [-0.2, 0) is 0 Å². The summed E-state index contributed by atoms with van der Waals surface area (Å²) in [6.45, 7) is 4.00. The molecule has 0 radical (unpaired) electrons. The standard InChI is InChI=1S/C18N12.C2H6/c19-1-7-13-16(28-10(4-22)25-7)14-8(2-20)27-12(6-24)30-18(14)15-9(3-21)26-11(5-23)29-17(13)15;1-2/h;1-2H3. The van der Waals surface area contributed by atoms with Gasteiger partial charge in [-0.25, -0.2) is 29.9 Å². The van der Waals surface area contributed by atoms with Crippen LogP contribution in [0.5, 0.6) is 0 Å². The van der Waals surface area contributed by atoms with Crippen LogP contribution < -0.4 is 0 Å². The molecule has 0 unspecified atom stereocenters. The number of rotatable bonds is 0. The summed E-state index contributed by atoms with van der Waals surface area (Å²) in [6.07, 6.45) is 0. The molecule has 0 atom stereocenters. The Labute approximate surface area is 179 Å². The summed E-state index contributed by atoms with van der Waals surface area (Å²) in [5.74, 6) is -1.07. The summed E-state index contributed by atoms with van der Waals surface area (Å²) in [6, 6.07) is 10.7. The van der Waals surface area contributed by atoms with Gasteiger partial charge in [0.1, 0.15) is 36.4 Å². The summed E-state index contributed by atoms with van der Waals surface area (Å²) in [4.78, 5) is 23.9. The summed E-state index contributed by atoms with van der Waals surface area (Å²) < 4.78 is 0. The van der Waals surface area contributed by atoms with E-state index in [0.29, 0.717) is 0 Å². The Morgan fingerprint density at radius 1 is 0.406 bits per heavy atom. The van der Waals surface area contributed by atoms with Crippen molar-refractivity contribution in [3.05, 3.63) is 34.6 Å². The second kappa shape index (κ2) is 8.27. The fourth-order valence-electron chi connectivity index (χ4n) is 2.99. The van der Waals surface area contributed by atoms with Gasteiger partial charge in [0.15, 0.2) is 17.1 Å². The third-order valence-electron chi connectivity index (χ3n) is 4.06. The molecule has 0 aliphatic rings. The molecule has 0 aliphatic carbocycles. The van der Waals surface area contributed by atoms with Crippen LogP contribution in [0.2, 0.25) is 0 Å². The molecule has 32 heavy (non-hydrogen) atoms. The van der Waals surface area contributed by atoms with Crippen LogP contribution in [0.4, 0.5) is 0 Å². The number of fused-ring (bicyclic) bond motifs is 6. The third-order valence-corrected chi connectivity index (χ3v) is 4.06. The SMILES string of the molecule is CC.N#Cc1nc(C#N)c2c(n1)c1c(C#N)nc(C#N)nc1c1c(C#N)nc(C#N)nc21. The van der Waals surface area contributed by atoms with Crippen molar-refractivity contribution in [3.8, 4) is 36.4 Å². The maximum absolute atomic E-state index is 9.59. The quantitative estimate of drug-likeness (QED) is 0.375. The zero-order chi connectivity index (χ0) is 23.4. The van der Waals surface area contributed by atoms with E-state index in [2.05, 4.69) is 29.9 Å². The van der Waals surface area contributed by atoms with Gasteiger partial charge in [-0.1, -0.05) is 13.8 Å². The van der Waals surface area contributed by atoms with Crippen LogP contribution in [0.25, 0.3) is 32.7 Å². The summed E-state index contributed by atoms with van der Waals surface area (Å²) in [5.41, 5.74) is -0.927. The van der Waals surface area contributed by atoms with Crippen molar-refractivity contribution >= 4 is 32.7 Å². The van der Waals surface area contributed by atoms with Crippen molar-refractivity contribution < 1.29 is 0 Å². The van der Waals surface area contributed by atoms with Crippen molar-refractivity contribution in [1.82, 2.24) is 29.9 Å². The molecule has 0 aliphatic heterocycles. The Morgan fingerprint density at radius 2 is 0.656 bits per heavy atom. The lowest BCUT2D eigenvalue weighted by atomic mass is 10.0. The van der Waals surface area contributed by atoms with Crippen LogP contribution in [0, 0.1) is 68.0 Å². The van der Waals surface area contributed by atoms with Gasteiger partial charge >= 0.3 is 0 Å². The number of benzene rings is 1. The molecule has 0 amide bonds. The highest BCUT2D eigenvalue weighted by Gasteiger charge is 2.24. The molecule has 3 heterocycles. The van der Waals surface area contributed by atoms with Crippen LogP contribution >= 0.6 is 0 Å². The molecule has 0 spiro atoms. The average molecular weight is 414 g/mol. The molecule has 3 aromatic heterocycles. The third kappa shape index (κ3) is 2.97. The lowest BCUT2D eigenvalue weighted by Gasteiger charge is -2.11. The molecular weight excluding hydrogens is 408 g/mol. The van der Waals surface area contributed by atoms with E-state index < -0.39 is 0 Å². The van der Waals surface area contributed by atoms with Crippen LogP contribution in [0.3, 0.4) is 0 Å². The topological polar surface area (TPSA) is 220 Å². The zero-order valence-corrected chi connectivity index (χ0v) is 16.4. The van der Waals surface area contributed by atoms with E-state index in [1.54, 1.807) is 18.2 Å². The van der Waals surface area contributed by atoms with Crippen molar-refractivity contribution in [2.24, 2.45) is 0 Å². The molecule has 0 N–H and O–H groups in total. The van der Waals surface area contributed by atoms with Crippen LogP contribution in [0.15, 0.2) is 0 Å². The minimum absolute atomic E-state index is 0.000734. The van der Waals surface area contributed by atoms with E-state index in [0.717, 1.165) is 0 Å². The molecule has 0 bridgehead atoms. The molecule has 4 rings (SSSR count). The largest absolute Gasteiger partial charge is 0.234 e. The molecule has 1 aromatic carbocycles. The van der Waals surface area contributed by atoms with Gasteiger partial charge in [-0.15, -0.1) is 0 Å². The molecule has 0 fully saturated rings. The Bertz CT molecular complexity index is 1480. The summed E-state index contributed by atoms with van der Waals surface area (Å²) in [5, 5.41) is 56.5. The van der Waals surface area contributed by atoms with Crippen molar-refractivity contribution in [3.63, 3.8) is 0 Å². The van der Waals surface area contributed by atoms with Gasteiger partial charge in [-0.2, -0.15) is 31.6 Å². The lowest BCUT2D eigenvalue weighted by Crippen LogP contribution is -2.05. The van der Waals surface area contributed by atoms with E-state index in [4.69, 9.17) is 0 Å². The van der Waals surface area contributed by atoms with Crippen molar-refractivity contribution in [2.75, 3.05) is 0 Å². The minimum Gasteiger partial charge on any atom is -0.218 e. The summed E-state index contributed by atoms with van der Waals surface area (Å²) >= 11 is 0. The number of hydrogen-bond donors (Lipinski definition) is 0. The first-order valence-electron chi connectivity index (χ1n) is 8.77. The van der Waals surface area contributed by atoms with Gasteiger partial charge in [-0.05, 0) is 0 Å². The van der Waals surface area contributed by atoms with Gasteiger partial charge in [0.2, 0.25) is 17.5 Å². The number of nitrogens with zero attached hydrogens (tertiary/aromatic N) is 12. The Kier molecular flexibility index (Phi) is 5.41. The molecule has 146 valence electrons. The molecule has 0 saturated heterocycles. The van der Waals surface area contributed by atoms with E-state index >= 15 is 0 Å². The summed E-state index contributed by atoms with van der Waals surface area (Å²) in [7, 11) is 0. The monoisotopic (exact) mass is 414 g/mol. The van der Waals surface area contributed by atoms with Gasteiger partial charge in [-0.3, -0.25) is 0 Å². The first-order chi connectivity index (χ1) is 15.6. The highest BCUT2D eigenvalue weighted by molar-refractivity contribution is 6.24. The lowest BCUT2D eigenvalue weighted by molar-refractivity contribution is 1.11. The second-order valence-corrected chi connectivity index (χ2v) is 5.53. The van der Waals surface area contributed by atoms with E-state index in [-0.39, 0.29) is 67.3 Å². The smallest absolute Gasteiger partial charge is 0.218 e. The maximum atomic E-state index is 9.59. The fourth-order valence-corrected chi connectivity index (χ4v) is 2.99. The van der Waals surface area contributed by atoms with Crippen LogP contribution in [0.1, 0.15) is 48.4 Å². The molecule has 12 heteroatoms. The van der Waals surface area contributed by atoms with Crippen molar-refractivity contribution in [1.29, 1.82) is 31.6 Å². The second-order valence-electron chi connectivity index (χ2n) is 5.53. The van der Waals surface area contributed by atoms with Crippen molar-refractivity contribution in [2.45, 2.75) is 13.8 Å². The average Bonchev–Trinajstić information content (AvgIpc) is 2.87. The molecular formula is C20H6N12. The molecule has 4 aromatic rings. The van der Waals surface area contributed by atoms with E-state index in [9.17, 15) is 31.6 Å². The Hall–Kier alpha value is -5.82. The van der Waals surface area contributed by atoms with Gasteiger partial charge < -0.3 is 0 Å². The number of hydrogen-bond acceptors (Lipinski definition) is 12. The first kappa shape index (κ1) is 20.9.